The fourth-order valence-corrected chi connectivity index (χ4v) is 5.47. The van der Waals surface area contributed by atoms with E-state index in [1.165, 1.54) is 35.5 Å². The van der Waals surface area contributed by atoms with Crippen molar-refractivity contribution in [1.29, 1.82) is 0 Å². The van der Waals surface area contributed by atoms with Gasteiger partial charge in [-0.3, -0.25) is 9.59 Å². The van der Waals surface area contributed by atoms with Crippen molar-refractivity contribution in [2.24, 2.45) is 0 Å². The number of carbonyl (C=O) groups excluding carboxylic acids is 3. The summed E-state index contributed by atoms with van der Waals surface area (Å²) in [6.45, 7) is 5.35. The highest BCUT2D eigenvalue weighted by atomic mass is 32.2. The standard InChI is InChI=1S/C22H31N3O6S/c1-17(21(27)24-10-5-3-4-6-11-24)31-22(28)19-8-7-9-20(16-19)32(29,30)25-14-12-23(13-15-25)18(2)26/h7-9,16-17H,3-6,10-15H2,1-2H3. The average molecular weight is 466 g/mol. The van der Waals surface area contributed by atoms with Crippen molar-refractivity contribution in [1.82, 2.24) is 14.1 Å². The largest absolute Gasteiger partial charge is 0.449 e. The predicted molar refractivity (Wildman–Crippen MR) is 117 cm³/mol. The first kappa shape index (κ1) is 24.2. The lowest BCUT2D eigenvalue weighted by molar-refractivity contribution is -0.139. The first-order valence-electron chi connectivity index (χ1n) is 11.1. The molecule has 2 heterocycles. The van der Waals surface area contributed by atoms with Crippen LogP contribution in [0.4, 0.5) is 0 Å². The van der Waals surface area contributed by atoms with Crippen LogP contribution in [0.3, 0.4) is 0 Å². The van der Waals surface area contributed by atoms with Gasteiger partial charge in [0.05, 0.1) is 10.5 Å². The van der Waals surface area contributed by atoms with E-state index in [0.717, 1.165) is 25.7 Å². The summed E-state index contributed by atoms with van der Waals surface area (Å²) in [5, 5.41) is 0. The normalized spacial score (nSPS) is 19.2. The Hall–Kier alpha value is -2.46. The second kappa shape index (κ2) is 10.4. The summed E-state index contributed by atoms with van der Waals surface area (Å²) >= 11 is 0. The highest BCUT2D eigenvalue weighted by Gasteiger charge is 2.30. The Bertz CT molecular complexity index is 948. The molecule has 1 aromatic rings. The molecule has 0 N–H and O–H groups in total. The number of amides is 2. The number of likely N-dealkylation sites (tertiary alicyclic amines) is 1. The zero-order valence-electron chi connectivity index (χ0n) is 18.7. The van der Waals surface area contributed by atoms with Crippen LogP contribution >= 0.6 is 0 Å². The van der Waals surface area contributed by atoms with Gasteiger partial charge >= 0.3 is 5.97 Å². The molecule has 1 aromatic carbocycles. The van der Waals surface area contributed by atoms with Gasteiger partial charge in [0.15, 0.2) is 6.10 Å². The first-order chi connectivity index (χ1) is 15.2. The van der Waals surface area contributed by atoms with E-state index in [1.807, 2.05) is 0 Å². The second-order valence-electron chi connectivity index (χ2n) is 8.23. The first-order valence-corrected chi connectivity index (χ1v) is 12.5. The van der Waals surface area contributed by atoms with Crippen molar-refractivity contribution < 1.29 is 27.5 Å². The number of hydrogen-bond donors (Lipinski definition) is 0. The Balaban J connectivity index is 1.66. The maximum absolute atomic E-state index is 13.0. The van der Waals surface area contributed by atoms with E-state index in [-0.39, 0.29) is 35.4 Å². The molecule has 1 atom stereocenters. The van der Waals surface area contributed by atoms with Crippen LogP contribution in [0.2, 0.25) is 0 Å². The Morgan fingerprint density at radius 2 is 1.53 bits per heavy atom. The molecule has 1 unspecified atom stereocenters. The maximum atomic E-state index is 13.0. The molecule has 32 heavy (non-hydrogen) atoms. The summed E-state index contributed by atoms with van der Waals surface area (Å²) in [5.41, 5.74) is 0.0731. The molecule has 2 amide bonds. The van der Waals surface area contributed by atoms with Crippen LogP contribution in [0.15, 0.2) is 29.2 Å². The number of rotatable bonds is 5. The molecular formula is C22H31N3O6S. The Kier molecular flexibility index (Phi) is 7.89. The fourth-order valence-electron chi connectivity index (χ4n) is 4.00. The van der Waals surface area contributed by atoms with Gasteiger partial charge in [-0.1, -0.05) is 18.9 Å². The van der Waals surface area contributed by atoms with Gasteiger partial charge in [0.1, 0.15) is 0 Å². The van der Waals surface area contributed by atoms with Gasteiger partial charge < -0.3 is 14.5 Å². The number of carbonyl (C=O) groups is 3. The molecule has 2 aliphatic heterocycles. The molecule has 0 spiro atoms. The molecule has 10 heteroatoms. The van der Waals surface area contributed by atoms with Gasteiger partial charge in [-0.2, -0.15) is 4.31 Å². The van der Waals surface area contributed by atoms with E-state index in [1.54, 1.807) is 16.7 Å². The third-order valence-corrected chi connectivity index (χ3v) is 7.84. The van der Waals surface area contributed by atoms with E-state index < -0.39 is 22.1 Å². The minimum absolute atomic E-state index is 0.0188. The van der Waals surface area contributed by atoms with Crippen molar-refractivity contribution in [2.75, 3.05) is 39.3 Å². The van der Waals surface area contributed by atoms with E-state index in [2.05, 4.69) is 0 Å². The second-order valence-corrected chi connectivity index (χ2v) is 10.2. The van der Waals surface area contributed by atoms with Crippen molar-refractivity contribution >= 4 is 27.8 Å². The van der Waals surface area contributed by atoms with E-state index in [0.29, 0.717) is 26.2 Å². The average Bonchev–Trinajstić information content (AvgIpc) is 3.08. The van der Waals surface area contributed by atoms with Gasteiger partial charge in [0.25, 0.3) is 5.91 Å². The number of esters is 1. The van der Waals surface area contributed by atoms with Crippen molar-refractivity contribution in [2.45, 2.75) is 50.5 Å². The summed E-state index contributed by atoms with van der Waals surface area (Å²) in [4.78, 5) is 40.1. The minimum Gasteiger partial charge on any atom is -0.449 e. The van der Waals surface area contributed by atoms with Crippen LogP contribution in [0.1, 0.15) is 49.9 Å². The summed E-state index contributed by atoms with van der Waals surface area (Å²) in [5.74, 6) is -1.05. The molecule has 0 bridgehead atoms. The van der Waals surface area contributed by atoms with Crippen LogP contribution in [-0.2, 0) is 24.3 Å². The molecular weight excluding hydrogens is 434 g/mol. The van der Waals surface area contributed by atoms with Gasteiger partial charge in [0, 0.05) is 46.2 Å². The molecule has 2 saturated heterocycles. The van der Waals surface area contributed by atoms with Crippen LogP contribution < -0.4 is 0 Å². The quantitative estimate of drug-likeness (QED) is 0.610. The van der Waals surface area contributed by atoms with Crippen LogP contribution in [0.5, 0.6) is 0 Å². The Labute approximate surface area is 189 Å². The third-order valence-electron chi connectivity index (χ3n) is 5.94. The Morgan fingerprint density at radius 3 is 2.12 bits per heavy atom. The number of nitrogens with zero attached hydrogens (tertiary/aromatic N) is 3. The van der Waals surface area contributed by atoms with Crippen LogP contribution in [-0.4, -0.2) is 85.7 Å². The highest BCUT2D eigenvalue weighted by molar-refractivity contribution is 7.89. The molecule has 0 saturated carbocycles. The number of piperazine rings is 1. The van der Waals surface area contributed by atoms with E-state index in [4.69, 9.17) is 4.74 Å². The molecule has 0 aliphatic carbocycles. The molecule has 0 aromatic heterocycles. The zero-order chi connectivity index (χ0) is 23.3. The monoisotopic (exact) mass is 465 g/mol. The lowest BCUT2D eigenvalue weighted by atomic mass is 10.2. The van der Waals surface area contributed by atoms with Gasteiger partial charge in [0.2, 0.25) is 15.9 Å². The molecule has 9 nitrogen and oxygen atoms in total. The molecule has 176 valence electrons. The fraction of sp³-hybridized carbons (Fsp3) is 0.591. The Morgan fingerprint density at radius 1 is 0.906 bits per heavy atom. The van der Waals surface area contributed by atoms with E-state index in [9.17, 15) is 22.8 Å². The summed E-state index contributed by atoms with van der Waals surface area (Å²) in [6.07, 6.45) is 3.10. The lowest BCUT2D eigenvalue weighted by Gasteiger charge is -2.33. The number of sulfonamides is 1. The number of ether oxygens (including phenoxy) is 1. The van der Waals surface area contributed by atoms with Crippen molar-refractivity contribution in [3.63, 3.8) is 0 Å². The molecule has 3 rings (SSSR count). The maximum Gasteiger partial charge on any atom is 0.338 e. The molecule has 0 radical (unpaired) electrons. The summed E-state index contributed by atoms with van der Waals surface area (Å²) < 4.78 is 32.7. The van der Waals surface area contributed by atoms with Crippen molar-refractivity contribution in [3.05, 3.63) is 29.8 Å². The van der Waals surface area contributed by atoms with Crippen molar-refractivity contribution in [3.8, 4) is 0 Å². The SMILES string of the molecule is CC(=O)N1CCN(S(=O)(=O)c2cccc(C(=O)OC(C)C(=O)N3CCCCCC3)c2)CC1. The minimum atomic E-state index is -3.82. The topological polar surface area (TPSA) is 104 Å². The predicted octanol–water partition coefficient (Wildman–Crippen LogP) is 1.49. The molecule has 2 fully saturated rings. The van der Waals surface area contributed by atoms with Gasteiger partial charge in [-0.15, -0.1) is 0 Å². The van der Waals surface area contributed by atoms with E-state index >= 15 is 0 Å². The summed E-state index contributed by atoms with van der Waals surface area (Å²) in [7, 11) is -3.82. The number of hydrogen-bond acceptors (Lipinski definition) is 6. The van der Waals surface area contributed by atoms with Gasteiger partial charge in [-0.25, -0.2) is 13.2 Å². The zero-order valence-corrected chi connectivity index (χ0v) is 19.5. The lowest BCUT2D eigenvalue weighted by Crippen LogP contribution is -2.49. The summed E-state index contributed by atoms with van der Waals surface area (Å²) in [6, 6.07) is 5.65. The van der Waals surface area contributed by atoms with Crippen LogP contribution in [0, 0.1) is 0 Å². The highest BCUT2D eigenvalue weighted by Crippen LogP contribution is 2.20. The number of benzene rings is 1. The van der Waals surface area contributed by atoms with Gasteiger partial charge in [-0.05, 0) is 38.0 Å². The van der Waals surface area contributed by atoms with Crippen LogP contribution in [0.25, 0.3) is 0 Å². The molecule has 2 aliphatic rings. The smallest absolute Gasteiger partial charge is 0.338 e. The third kappa shape index (κ3) is 5.66.